The number of hydrogen-bond acceptors (Lipinski definition) is 6. The molecule has 4 N–H and O–H groups in total. The lowest BCUT2D eigenvalue weighted by atomic mass is 9.91. The number of halogens is 1. The van der Waals surface area contributed by atoms with E-state index in [1.165, 1.54) is 4.57 Å². The fraction of sp³-hybridized carbons (Fsp3) is 0.370. The Morgan fingerprint density at radius 1 is 1.08 bits per heavy atom. The smallest absolute Gasteiger partial charge is 0.332 e. The van der Waals surface area contributed by atoms with Gasteiger partial charge in [-0.15, -0.1) is 0 Å². The Kier molecular flexibility index (Phi) is 7.19. The number of aliphatic hydroxyl groups excluding tert-OH is 1. The van der Waals surface area contributed by atoms with Crippen molar-refractivity contribution in [3.63, 3.8) is 0 Å². The molecule has 0 spiro atoms. The Morgan fingerprint density at radius 3 is 2.51 bits per heavy atom. The number of anilines is 1. The summed E-state index contributed by atoms with van der Waals surface area (Å²) in [5.74, 6) is 0.464. The molecule has 194 valence electrons. The zero-order valence-corrected chi connectivity index (χ0v) is 21.4. The van der Waals surface area contributed by atoms with Gasteiger partial charge in [0.15, 0.2) is 11.2 Å². The molecule has 2 aromatic carbocycles. The van der Waals surface area contributed by atoms with E-state index in [1.807, 2.05) is 24.3 Å². The lowest BCUT2D eigenvalue weighted by Gasteiger charge is -2.29. The maximum absolute atomic E-state index is 13.8. The van der Waals surface area contributed by atoms with Gasteiger partial charge in [0, 0.05) is 24.2 Å². The maximum atomic E-state index is 13.8. The van der Waals surface area contributed by atoms with Crippen LogP contribution in [0.3, 0.4) is 0 Å². The number of benzene rings is 2. The van der Waals surface area contributed by atoms with Gasteiger partial charge in [0.1, 0.15) is 0 Å². The monoisotopic (exact) mass is 522 g/mol. The number of fused-ring (bicyclic) bond motifs is 1. The van der Waals surface area contributed by atoms with E-state index < -0.39 is 17.4 Å². The summed E-state index contributed by atoms with van der Waals surface area (Å²) >= 11 is 6.48. The third kappa shape index (κ3) is 4.94. The normalized spacial score (nSPS) is 18.7. The van der Waals surface area contributed by atoms with Crippen LogP contribution in [-0.2, 0) is 20.1 Å². The second-order valence-electron chi connectivity index (χ2n) is 9.67. The van der Waals surface area contributed by atoms with Gasteiger partial charge in [0.2, 0.25) is 5.95 Å². The summed E-state index contributed by atoms with van der Waals surface area (Å²) < 4.78 is 4.19. The second-order valence-corrected chi connectivity index (χ2v) is 10.1. The van der Waals surface area contributed by atoms with E-state index in [4.69, 9.17) is 22.3 Å². The maximum Gasteiger partial charge on any atom is 0.332 e. The highest BCUT2D eigenvalue weighted by atomic mass is 35.5. The SMILES string of the molecule is Cn1c(=O)n(CC(O)c2ccccc2)c(=O)c2c1nc(NC1CCCCC1N)n2Cc1ccccc1Cl. The van der Waals surface area contributed by atoms with Crippen LogP contribution in [0.25, 0.3) is 11.2 Å². The first-order valence-electron chi connectivity index (χ1n) is 12.5. The topological polar surface area (TPSA) is 120 Å². The van der Waals surface area contributed by atoms with Gasteiger partial charge in [0.25, 0.3) is 5.56 Å². The first-order valence-corrected chi connectivity index (χ1v) is 12.9. The number of imidazole rings is 1. The number of rotatable bonds is 7. The lowest BCUT2D eigenvalue weighted by molar-refractivity contribution is 0.153. The van der Waals surface area contributed by atoms with Gasteiger partial charge < -0.3 is 16.2 Å². The largest absolute Gasteiger partial charge is 0.387 e. The average Bonchev–Trinajstić information content (AvgIpc) is 3.26. The average molecular weight is 523 g/mol. The molecular formula is C27H31ClN6O3. The van der Waals surface area contributed by atoms with Crippen molar-refractivity contribution in [1.82, 2.24) is 18.7 Å². The third-order valence-electron chi connectivity index (χ3n) is 7.19. The first kappa shape index (κ1) is 25.3. The van der Waals surface area contributed by atoms with Crippen molar-refractivity contribution >= 4 is 28.7 Å². The Bertz CT molecular complexity index is 1530. The van der Waals surface area contributed by atoms with Gasteiger partial charge in [0.05, 0.1) is 19.2 Å². The summed E-state index contributed by atoms with van der Waals surface area (Å²) in [7, 11) is 1.58. The fourth-order valence-corrected chi connectivity index (χ4v) is 5.25. The molecule has 10 heteroatoms. The molecule has 2 heterocycles. The predicted molar refractivity (Wildman–Crippen MR) is 145 cm³/mol. The van der Waals surface area contributed by atoms with Crippen molar-refractivity contribution in [2.75, 3.05) is 5.32 Å². The highest BCUT2D eigenvalue weighted by Crippen LogP contribution is 2.25. The molecule has 0 amide bonds. The second kappa shape index (κ2) is 10.5. The molecule has 37 heavy (non-hydrogen) atoms. The number of hydrogen-bond donors (Lipinski definition) is 3. The van der Waals surface area contributed by atoms with Crippen molar-refractivity contribution in [1.29, 1.82) is 0 Å². The van der Waals surface area contributed by atoms with Crippen molar-refractivity contribution < 1.29 is 5.11 Å². The van der Waals surface area contributed by atoms with Crippen molar-refractivity contribution in [2.24, 2.45) is 12.8 Å². The van der Waals surface area contributed by atoms with Crippen molar-refractivity contribution in [3.8, 4) is 0 Å². The van der Waals surface area contributed by atoms with Crippen LogP contribution in [-0.4, -0.2) is 35.9 Å². The standard InChI is InChI=1S/C27H31ClN6O3/c1-32-24-23(25(36)34(27(32)37)16-22(35)17-9-3-2-4-10-17)33(15-18-11-5-6-12-19(18)28)26(31-24)30-21-14-8-7-13-20(21)29/h2-6,9-12,20-22,35H,7-8,13-16,29H2,1H3,(H,30,31). The number of aliphatic hydroxyl groups is 1. The summed E-state index contributed by atoms with van der Waals surface area (Å²) in [5, 5.41) is 14.8. The molecule has 5 rings (SSSR count). The molecule has 1 aliphatic rings. The molecule has 9 nitrogen and oxygen atoms in total. The highest BCUT2D eigenvalue weighted by Gasteiger charge is 2.27. The van der Waals surface area contributed by atoms with Gasteiger partial charge in [-0.1, -0.05) is 73.0 Å². The molecule has 0 radical (unpaired) electrons. The quantitative estimate of drug-likeness (QED) is 0.343. The van der Waals surface area contributed by atoms with Crippen molar-refractivity contribution in [2.45, 2.75) is 57.0 Å². The predicted octanol–water partition coefficient (Wildman–Crippen LogP) is 3.01. The zero-order valence-electron chi connectivity index (χ0n) is 20.7. The summed E-state index contributed by atoms with van der Waals surface area (Å²) in [6.45, 7) is 0.0914. The van der Waals surface area contributed by atoms with Crippen LogP contribution in [0.15, 0.2) is 64.2 Å². The molecule has 3 atom stereocenters. The first-order chi connectivity index (χ1) is 17.8. The zero-order chi connectivity index (χ0) is 26.1. The number of aryl methyl sites for hydroxylation is 1. The molecule has 1 saturated carbocycles. The van der Waals surface area contributed by atoms with E-state index in [9.17, 15) is 14.7 Å². The number of aromatic nitrogens is 4. The Balaban J connectivity index is 1.65. The molecule has 4 aromatic rings. The lowest BCUT2D eigenvalue weighted by Crippen LogP contribution is -2.43. The minimum atomic E-state index is -1.03. The molecule has 3 unspecified atom stereocenters. The summed E-state index contributed by atoms with van der Waals surface area (Å²) in [6, 6.07) is 16.3. The van der Waals surface area contributed by atoms with Gasteiger partial charge in [-0.2, -0.15) is 4.98 Å². The van der Waals surface area contributed by atoms with Crippen LogP contribution < -0.4 is 22.3 Å². The minimum Gasteiger partial charge on any atom is -0.387 e. The molecule has 0 saturated heterocycles. The highest BCUT2D eigenvalue weighted by molar-refractivity contribution is 6.31. The van der Waals surface area contributed by atoms with E-state index in [0.717, 1.165) is 35.8 Å². The Morgan fingerprint density at radius 2 is 1.78 bits per heavy atom. The number of nitrogens with one attached hydrogen (secondary N) is 1. The summed E-state index contributed by atoms with van der Waals surface area (Å²) in [4.78, 5) is 31.8. The molecule has 1 fully saturated rings. The molecule has 1 aliphatic carbocycles. The van der Waals surface area contributed by atoms with Crippen LogP contribution >= 0.6 is 11.6 Å². The number of nitrogens with zero attached hydrogens (tertiary/aromatic N) is 4. The summed E-state index contributed by atoms with van der Waals surface area (Å²) in [6.07, 6.45) is 2.91. The molecule has 2 aromatic heterocycles. The van der Waals surface area contributed by atoms with Crippen LogP contribution in [0.5, 0.6) is 0 Å². The van der Waals surface area contributed by atoms with Crippen LogP contribution in [0.2, 0.25) is 5.02 Å². The molecular weight excluding hydrogens is 492 g/mol. The molecule has 0 bridgehead atoms. The fourth-order valence-electron chi connectivity index (χ4n) is 5.05. The summed E-state index contributed by atoms with van der Waals surface area (Å²) in [5.41, 5.74) is 7.28. The van der Waals surface area contributed by atoms with Crippen LogP contribution in [0.4, 0.5) is 5.95 Å². The minimum absolute atomic E-state index is 0.00489. The number of nitrogens with two attached hydrogens (primary N) is 1. The van der Waals surface area contributed by atoms with E-state index in [2.05, 4.69) is 5.32 Å². The van der Waals surface area contributed by atoms with E-state index >= 15 is 0 Å². The van der Waals surface area contributed by atoms with Crippen LogP contribution in [0.1, 0.15) is 42.9 Å². The third-order valence-corrected chi connectivity index (χ3v) is 7.56. The van der Waals surface area contributed by atoms with Gasteiger partial charge in [-0.3, -0.25) is 18.5 Å². The molecule has 0 aliphatic heterocycles. The Hall–Kier alpha value is -3.40. The van der Waals surface area contributed by atoms with E-state index in [-0.39, 0.29) is 36.3 Å². The van der Waals surface area contributed by atoms with Crippen LogP contribution in [0, 0.1) is 0 Å². The van der Waals surface area contributed by atoms with E-state index in [1.54, 1.807) is 41.9 Å². The van der Waals surface area contributed by atoms with Gasteiger partial charge in [-0.25, -0.2) is 4.79 Å². The van der Waals surface area contributed by atoms with Gasteiger partial charge in [-0.05, 0) is 30.0 Å². The van der Waals surface area contributed by atoms with E-state index in [0.29, 0.717) is 16.5 Å². The van der Waals surface area contributed by atoms with Crippen molar-refractivity contribution in [3.05, 3.63) is 91.6 Å². The Labute approximate surface area is 219 Å². The van der Waals surface area contributed by atoms with Gasteiger partial charge >= 0.3 is 5.69 Å².